The van der Waals surface area contributed by atoms with E-state index in [1.807, 2.05) is 27.7 Å². The summed E-state index contributed by atoms with van der Waals surface area (Å²) in [6.07, 6.45) is 0. The Morgan fingerprint density at radius 2 is 1.71 bits per heavy atom. The van der Waals surface area contributed by atoms with E-state index in [-0.39, 0.29) is 11.9 Å². The Morgan fingerprint density at radius 3 is 2.12 bits per heavy atom. The molecule has 0 rings (SSSR count). The Balaban J connectivity index is 4.20. The average molecular weight is 244 g/mol. The summed E-state index contributed by atoms with van der Waals surface area (Å²) in [5.41, 5.74) is -0.512. The molecule has 0 bridgehead atoms. The van der Waals surface area contributed by atoms with Crippen LogP contribution < -0.4 is 10.6 Å². The zero-order chi connectivity index (χ0) is 13.6. The van der Waals surface area contributed by atoms with Gasteiger partial charge in [0.1, 0.15) is 11.6 Å². The molecule has 0 saturated heterocycles. The number of nitrogens with one attached hydrogen (secondary N) is 2. The number of amides is 1. The molecule has 5 heteroatoms. The van der Waals surface area contributed by atoms with Crippen molar-refractivity contribution in [1.82, 2.24) is 10.6 Å². The lowest BCUT2D eigenvalue weighted by Gasteiger charge is -2.24. The smallest absolute Gasteiger partial charge is 0.323 e. The highest BCUT2D eigenvalue weighted by Gasteiger charge is 2.24. The van der Waals surface area contributed by atoms with Crippen LogP contribution in [0, 0.1) is 0 Å². The normalized spacial score (nSPS) is 14.9. The fourth-order valence-corrected chi connectivity index (χ4v) is 1.24. The second kappa shape index (κ2) is 6.59. The van der Waals surface area contributed by atoms with Gasteiger partial charge in [0.25, 0.3) is 0 Å². The average Bonchev–Trinajstić information content (AvgIpc) is 2.15. The Hall–Kier alpha value is -1.10. The lowest BCUT2D eigenvalue weighted by molar-refractivity contribution is -0.157. The van der Waals surface area contributed by atoms with Crippen molar-refractivity contribution in [1.29, 1.82) is 0 Å². The fourth-order valence-electron chi connectivity index (χ4n) is 1.24. The van der Waals surface area contributed by atoms with Gasteiger partial charge in [-0.15, -0.1) is 0 Å². The van der Waals surface area contributed by atoms with Gasteiger partial charge in [0.05, 0.1) is 6.04 Å². The van der Waals surface area contributed by atoms with E-state index in [0.717, 1.165) is 0 Å². The van der Waals surface area contributed by atoms with Crippen molar-refractivity contribution in [2.75, 3.05) is 6.54 Å². The number of hydrogen-bond donors (Lipinski definition) is 2. The second-order valence-electron chi connectivity index (χ2n) is 5.04. The van der Waals surface area contributed by atoms with E-state index in [2.05, 4.69) is 10.6 Å². The fraction of sp³-hybridized carbons (Fsp3) is 0.833. The molecule has 0 heterocycles. The molecule has 0 spiro atoms. The van der Waals surface area contributed by atoms with E-state index in [4.69, 9.17) is 4.74 Å². The van der Waals surface area contributed by atoms with Crippen molar-refractivity contribution in [2.45, 2.75) is 59.2 Å². The van der Waals surface area contributed by atoms with Gasteiger partial charge in [-0.25, -0.2) is 0 Å². The minimum absolute atomic E-state index is 0.122. The predicted molar refractivity (Wildman–Crippen MR) is 66.6 cm³/mol. The van der Waals surface area contributed by atoms with Crippen LogP contribution in [0.2, 0.25) is 0 Å². The number of likely N-dealkylation sites (N-methyl/N-ethyl adjacent to an activating group) is 1. The van der Waals surface area contributed by atoms with E-state index in [9.17, 15) is 9.59 Å². The summed E-state index contributed by atoms with van der Waals surface area (Å²) in [6, 6.07) is -0.927. The number of carbonyl (C=O) groups excluding carboxylic acids is 2. The van der Waals surface area contributed by atoms with E-state index in [1.165, 1.54) is 0 Å². The highest BCUT2D eigenvalue weighted by molar-refractivity contribution is 5.83. The predicted octanol–water partition coefficient (Wildman–Crippen LogP) is 0.831. The minimum Gasteiger partial charge on any atom is -0.459 e. The number of hydrogen-bond acceptors (Lipinski definition) is 4. The minimum atomic E-state index is -0.512. The molecular formula is C12H24N2O3. The lowest BCUT2D eigenvalue weighted by Crippen LogP contribution is -2.49. The first kappa shape index (κ1) is 15.9. The van der Waals surface area contributed by atoms with E-state index in [0.29, 0.717) is 6.54 Å². The third kappa shape index (κ3) is 6.94. The molecular weight excluding hydrogens is 220 g/mol. The number of esters is 1. The van der Waals surface area contributed by atoms with Crippen LogP contribution in [0.3, 0.4) is 0 Å². The third-order valence-corrected chi connectivity index (χ3v) is 2.00. The molecule has 0 aliphatic heterocycles. The molecule has 2 N–H and O–H groups in total. The van der Waals surface area contributed by atoms with Gasteiger partial charge >= 0.3 is 5.97 Å². The van der Waals surface area contributed by atoms with Gasteiger partial charge in [0.2, 0.25) is 5.91 Å². The highest BCUT2D eigenvalue weighted by Crippen LogP contribution is 2.08. The molecule has 2 unspecified atom stereocenters. The van der Waals surface area contributed by atoms with Crippen molar-refractivity contribution >= 4 is 11.9 Å². The Morgan fingerprint density at radius 1 is 1.18 bits per heavy atom. The largest absolute Gasteiger partial charge is 0.459 e. The van der Waals surface area contributed by atoms with E-state index < -0.39 is 17.7 Å². The van der Waals surface area contributed by atoms with Gasteiger partial charge in [-0.3, -0.25) is 14.9 Å². The molecule has 0 aliphatic carbocycles. The molecule has 0 aromatic heterocycles. The Bertz CT molecular complexity index is 271. The standard InChI is InChI=1S/C12H24N2O3/c1-7-13-10(15)8(2)14-9(3)11(16)17-12(4,5)6/h8-9,14H,7H2,1-6H3,(H,13,15). The van der Waals surface area contributed by atoms with Crippen molar-refractivity contribution in [2.24, 2.45) is 0 Å². The summed E-state index contributed by atoms with van der Waals surface area (Å²) in [5, 5.41) is 5.58. The molecule has 0 aliphatic rings. The zero-order valence-electron chi connectivity index (χ0n) is 11.6. The molecule has 1 amide bonds. The van der Waals surface area contributed by atoms with Crippen LogP contribution in [0.15, 0.2) is 0 Å². The quantitative estimate of drug-likeness (QED) is 0.703. The van der Waals surface area contributed by atoms with Gasteiger partial charge in [-0.1, -0.05) is 0 Å². The van der Waals surface area contributed by atoms with Crippen LogP contribution in [0.1, 0.15) is 41.5 Å². The van der Waals surface area contributed by atoms with Crippen molar-refractivity contribution < 1.29 is 14.3 Å². The summed E-state index contributed by atoms with van der Waals surface area (Å²) in [4.78, 5) is 23.1. The maximum absolute atomic E-state index is 11.7. The topological polar surface area (TPSA) is 67.4 Å². The zero-order valence-corrected chi connectivity index (χ0v) is 11.6. The van der Waals surface area contributed by atoms with Crippen molar-refractivity contribution in [3.8, 4) is 0 Å². The van der Waals surface area contributed by atoms with Gasteiger partial charge in [-0.05, 0) is 41.5 Å². The number of ether oxygens (including phenoxy) is 1. The Kier molecular flexibility index (Phi) is 6.16. The molecule has 5 nitrogen and oxygen atoms in total. The van der Waals surface area contributed by atoms with E-state index in [1.54, 1.807) is 13.8 Å². The Labute approximate surface area is 103 Å². The molecule has 0 saturated carbocycles. The molecule has 17 heavy (non-hydrogen) atoms. The van der Waals surface area contributed by atoms with Crippen LogP contribution in [-0.4, -0.2) is 36.1 Å². The first-order valence-electron chi connectivity index (χ1n) is 5.94. The van der Waals surface area contributed by atoms with Gasteiger partial charge in [0, 0.05) is 6.54 Å². The summed E-state index contributed by atoms with van der Waals surface area (Å²) >= 11 is 0. The summed E-state index contributed by atoms with van der Waals surface area (Å²) in [5.74, 6) is -0.475. The SMILES string of the molecule is CCNC(=O)C(C)NC(C)C(=O)OC(C)(C)C. The third-order valence-electron chi connectivity index (χ3n) is 2.00. The van der Waals surface area contributed by atoms with Crippen molar-refractivity contribution in [3.05, 3.63) is 0 Å². The van der Waals surface area contributed by atoms with Crippen LogP contribution in [0.4, 0.5) is 0 Å². The van der Waals surface area contributed by atoms with Gasteiger partial charge < -0.3 is 10.1 Å². The van der Waals surface area contributed by atoms with Crippen LogP contribution in [0.25, 0.3) is 0 Å². The molecule has 0 radical (unpaired) electrons. The van der Waals surface area contributed by atoms with Crippen LogP contribution in [0.5, 0.6) is 0 Å². The molecule has 100 valence electrons. The maximum Gasteiger partial charge on any atom is 0.323 e. The first-order chi connectivity index (χ1) is 7.67. The van der Waals surface area contributed by atoms with Crippen molar-refractivity contribution in [3.63, 3.8) is 0 Å². The lowest BCUT2D eigenvalue weighted by atomic mass is 10.2. The van der Waals surface area contributed by atoms with Gasteiger partial charge in [-0.2, -0.15) is 0 Å². The molecule has 0 fully saturated rings. The van der Waals surface area contributed by atoms with Gasteiger partial charge in [0.15, 0.2) is 0 Å². The molecule has 2 atom stereocenters. The van der Waals surface area contributed by atoms with Crippen LogP contribution in [-0.2, 0) is 14.3 Å². The first-order valence-corrected chi connectivity index (χ1v) is 5.94. The summed E-state index contributed by atoms with van der Waals surface area (Å²) < 4.78 is 5.21. The molecule has 0 aromatic carbocycles. The van der Waals surface area contributed by atoms with E-state index >= 15 is 0 Å². The number of rotatable bonds is 5. The van der Waals surface area contributed by atoms with Crippen LogP contribution >= 0.6 is 0 Å². The monoisotopic (exact) mass is 244 g/mol. The summed E-state index contributed by atoms with van der Waals surface area (Å²) in [6.45, 7) is 11.3. The second-order valence-corrected chi connectivity index (χ2v) is 5.04. The maximum atomic E-state index is 11.7. The molecule has 0 aromatic rings. The number of carbonyl (C=O) groups is 2. The highest BCUT2D eigenvalue weighted by atomic mass is 16.6. The summed E-state index contributed by atoms with van der Waals surface area (Å²) in [7, 11) is 0.